The molecule has 2 N–H and O–H groups in total. The van der Waals surface area contributed by atoms with E-state index in [4.69, 9.17) is 14.2 Å². The van der Waals surface area contributed by atoms with Crippen LogP contribution in [0.1, 0.15) is 23.2 Å². The largest absolute Gasteiger partial charge is 0.447 e. The van der Waals surface area contributed by atoms with Gasteiger partial charge in [-0.25, -0.2) is 4.79 Å². The predicted molar refractivity (Wildman–Crippen MR) is 117 cm³/mol. The molecule has 7 nitrogen and oxygen atoms in total. The summed E-state index contributed by atoms with van der Waals surface area (Å²) >= 11 is 1.63. The third kappa shape index (κ3) is 6.76. The first-order valence-corrected chi connectivity index (χ1v) is 10.8. The molecule has 0 aromatic heterocycles. The zero-order chi connectivity index (χ0) is 21.2. The van der Waals surface area contributed by atoms with Crippen molar-refractivity contribution in [2.75, 3.05) is 43.3 Å². The fraction of sp³-hybridized carbons (Fsp3) is 0.364. The average Bonchev–Trinajstić information content (AvgIpc) is 3.26. The van der Waals surface area contributed by atoms with Crippen LogP contribution in [0.2, 0.25) is 0 Å². The van der Waals surface area contributed by atoms with Crippen molar-refractivity contribution in [1.29, 1.82) is 0 Å². The van der Waals surface area contributed by atoms with Crippen LogP contribution >= 0.6 is 11.8 Å². The summed E-state index contributed by atoms with van der Waals surface area (Å²) in [7, 11) is 1.53. The Kier molecular flexibility index (Phi) is 8.55. The first-order valence-electron chi connectivity index (χ1n) is 9.83. The van der Waals surface area contributed by atoms with Gasteiger partial charge in [-0.3, -0.25) is 10.1 Å². The summed E-state index contributed by atoms with van der Waals surface area (Å²) in [5, 5.41) is 5.53. The van der Waals surface area contributed by atoms with E-state index in [0.29, 0.717) is 23.5 Å². The second-order valence-corrected chi connectivity index (χ2v) is 7.79. The number of hydrogen-bond donors (Lipinski definition) is 2. The number of methoxy groups -OCH3 is 1. The van der Waals surface area contributed by atoms with E-state index in [1.165, 1.54) is 7.11 Å². The Morgan fingerprint density at radius 1 is 1.10 bits per heavy atom. The summed E-state index contributed by atoms with van der Waals surface area (Å²) in [4.78, 5) is 25.6. The van der Waals surface area contributed by atoms with Crippen LogP contribution < -0.4 is 10.6 Å². The monoisotopic (exact) mass is 430 g/mol. The van der Waals surface area contributed by atoms with Crippen molar-refractivity contribution in [3.8, 4) is 0 Å². The van der Waals surface area contributed by atoms with E-state index in [9.17, 15) is 9.59 Å². The Balaban J connectivity index is 1.60. The second kappa shape index (κ2) is 11.6. The number of benzene rings is 2. The molecule has 0 radical (unpaired) electrons. The minimum atomic E-state index is -0.577. The lowest BCUT2D eigenvalue weighted by Gasteiger charge is -2.13. The van der Waals surface area contributed by atoms with E-state index in [2.05, 4.69) is 10.6 Å². The number of anilines is 2. The lowest BCUT2D eigenvalue weighted by Crippen LogP contribution is -2.17. The number of carbonyl (C=O) groups is 2. The molecule has 2 aromatic rings. The maximum Gasteiger partial charge on any atom is 0.411 e. The molecule has 1 unspecified atom stereocenters. The Bertz CT molecular complexity index is 855. The van der Waals surface area contributed by atoms with Crippen LogP contribution in [0.15, 0.2) is 53.4 Å². The predicted octanol–water partition coefficient (Wildman–Crippen LogP) is 4.40. The number of rotatable bonds is 9. The van der Waals surface area contributed by atoms with Gasteiger partial charge >= 0.3 is 6.09 Å². The van der Waals surface area contributed by atoms with Crippen LogP contribution in [0.5, 0.6) is 0 Å². The van der Waals surface area contributed by atoms with Crippen molar-refractivity contribution >= 4 is 35.1 Å². The second-order valence-electron chi connectivity index (χ2n) is 6.73. The fourth-order valence-electron chi connectivity index (χ4n) is 2.98. The zero-order valence-corrected chi connectivity index (χ0v) is 17.7. The quantitative estimate of drug-likeness (QED) is 0.453. The highest BCUT2D eigenvalue weighted by atomic mass is 32.2. The first kappa shape index (κ1) is 22.1. The Labute approximate surface area is 180 Å². The Morgan fingerprint density at radius 3 is 2.67 bits per heavy atom. The summed E-state index contributed by atoms with van der Waals surface area (Å²) in [6.07, 6.45) is 1.83. The molecule has 160 valence electrons. The molecule has 8 heteroatoms. The summed E-state index contributed by atoms with van der Waals surface area (Å²) in [5.74, 6) is 0.625. The fourth-order valence-corrected chi connectivity index (χ4v) is 4.10. The minimum Gasteiger partial charge on any atom is -0.447 e. The molecule has 1 aliphatic rings. The van der Waals surface area contributed by atoms with Crippen molar-refractivity contribution in [2.24, 2.45) is 0 Å². The molecular weight excluding hydrogens is 404 g/mol. The van der Waals surface area contributed by atoms with E-state index in [0.717, 1.165) is 30.1 Å². The summed E-state index contributed by atoms with van der Waals surface area (Å²) in [6.45, 7) is 1.31. The molecule has 0 bridgehead atoms. The van der Waals surface area contributed by atoms with Crippen LogP contribution in [0.4, 0.5) is 16.2 Å². The van der Waals surface area contributed by atoms with Crippen molar-refractivity contribution < 1.29 is 23.8 Å². The third-order valence-corrected chi connectivity index (χ3v) is 5.67. The smallest absolute Gasteiger partial charge is 0.411 e. The van der Waals surface area contributed by atoms with Gasteiger partial charge in [-0.2, -0.15) is 0 Å². The van der Waals surface area contributed by atoms with Gasteiger partial charge < -0.3 is 19.5 Å². The molecule has 1 atom stereocenters. The van der Waals surface area contributed by atoms with E-state index < -0.39 is 6.09 Å². The molecule has 0 spiro atoms. The summed E-state index contributed by atoms with van der Waals surface area (Å²) in [6, 6.07) is 14.4. The van der Waals surface area contributed by atoms with Crippen molar-refractivity contribution in [2.45, 2.75) is 23.8 Å². The van der Waals surface area contributed by atoms with Crippen LogP contribution in [0.25, 0.3) is 0 Å². The van der Waals surface area contributed by atoms with Gasteiger partial charge in [0.15, 0.2) is 0 Å². The topological polar surface area (TPSA) is 85.9 Å². The van der Waals surface area contributed by atoms with Gasteiger partial charge in [0.25, 0.3) is 5.91 Å². The Morgan fingerprint density at radius 2 is 1.90 bits per heavy atom. The number of amides is 2. The molecule has 1 fully saturated rings. The van der Waals surface area contributed by atoms with Crippen LogP contribution in [-0.4, -0.2) is 50.8 Å². The van der Waals surface area contributed by atoms with Crippen molar-refractivity contribution in [1.82, 2.24) is 0 Å². The first-order chi connectivity index (χ1) is 14.7. The van der Waals surface area contributed by atoms with Gasteiger partial charge in [-0.15, -0.1) is 11.8 Å². The lowest BCUT2D eigenvalue weighted by molar-refractivity contribution is 0.102. The molecule has 3 rings (SSSR count). The zero-order valence-electron chi connectivity index (χ0n) is 16.9. The van der Waals surface area contributed by atoms with Crippen molar-refractivity contribution in [3.63, 3.8) is 0 Å². The van der Waals surface area contributed by atoms with Gasteiger partial charge in [0, 0.05) is 35.7 Å². The van der Waals surface area contributed by atoms with Gasteiger partial charge in [0.2, 0.25) is 0 Å². The van der Waals surface area contributed by atoms with Gasteiger partial charge in [0.1, 0.15) is 6.61 Å². The summed E-state index contributed by atoms with van der Waals surface area (Å²) < 4.78 is 15.5. The third-order valence-electron chi connectivity index (χ3n) is 4.47. The Hall–Kier alpha value is -2.55. The number of nitrogens with one attached hydrogen (secondary N) is 2. The standard InChI is InChI=1S/C22H26N2O5S/c1-27-12-13-29-22(26)24-17-7-4-6-16(14-17)23-21(25)19-9-2-3-10-20(19)30-15-18-8-5-11-28-18/h2-4,6-7,9-10,14,18H,5,8,11-13,15H2,1H3,(H,23,25)(H,24,26). The normalized spacial score (nSPS) is 15.6. The average molecular weight is 431 g/mol. The molecular formula is C22H26N2O5S. The van der Waals surface area contributed by atoms with E-state index in [-0.39, 0.29) is 18.6 Å². The molecule has 2 amide bonds. The highest BCUT2D eigenvalue weighted by molar-refractivity contribution is 7.99. The molecule has 30 heavy (non-hydrogen) atoms. The van der Waals surface area contributed by atoms with Crippen molar-refractivity contribution in [3.05, 3.63) is 54.1 Å². The van der Waals surface area contributed by atoms with Gasteiger partial charge in [-0.1, -0.05) is 18.2 Å². The molecule has 0 aliphatic carbocycles. The maximum atomic E-state index is 12.9. The number of ether oxygens (including phenoxy) is 3. The highest BCUT2D eigenvalue weighted by Gasteiger charge is 2.18. The molecule has 2 aromatic carbocycles. The number of carbonyl (C=O) groups excluding carboxylic acids is 2. The molecule has 0 saturated carbocycles. The van der Waals surface area contributed by atoms with E-state index in [1.807, 2.05) is 24.3 Å². The maximum absolute atomic E-state index is 12.9. The number of hydrogen-bond acceptors (Lipinski definition) is 6. The van der Waals surface area contributed by atoms with Gasteiger partial charge in [-0.05, 0) is 43.2 Å². The lowest BCUT2D eigenvalue weighted by atomic mass is 10.2. The molecule has 1 saturated heterocycles. The van der Waals surface area contributed by atoms with E-state index >= 15 is 0 Å². The van der Waals surface area contributed by atoms with Crippen LogP contribution in [0.3, 0.4) is 0 Å². The van der Waals surface area contributed by atoms with Gasteiger partial charge in [0.05, 0.1) is 18.3 Å². The summed E-state index contributed by atoms with van der Waals surface area (Å²) in [5.41, 5.74) is 1.71. The molecule has 1 heterocycles. The SMILES string of the molecule is COCCOC(=O)Nc1cccc(NC(=O)c2ccccc2SCC2CCCO2)c1. The highest BCUT2D eigenvalue weighted by Crippen LogP contribution is 2.27. The van der Waals surface area contributed by atoms with Crippen LogP contribution in [0, 0.1) is 0 Å². The number of thioether (sulfide) groups is 1. The molecule has 1 aliphatic heterocycles. The van der Waals surface area contributed by atoms with Crippen LogP contribution in [-0.2, 0) is 14.2 Å². The minimum absolute atomic E-state index is 0.166. The van der Waals surface area contributed by atoms with E-state index in [1.54, 1.807) is 36.0 Å².